The molecule has 0 aliphatic heterocycles. The molecule has 2 N–H and O–H groups in total. The van der Waals surface area contributed by atoms with Gasteiger partial charge in [-0.15, -0.1) is 0 Å². The smallest absolute Gasteiger partial charge is 0.260 e. The first-order chi connectivity index (χ1) is 8.34. The Kier molecular flexibility index (Phi) is 2.08. The molecule has 0 aromatic carbocycles. The summed E-state index contributed by atoms with van der Waals surface area (Å²) in [5.74, 6) is 0.0899. The molecule has 0 bridgehead atoms. The van der Waals surface area contributed by atoms with Crippen molar-refractivity contribution >= 4 is 22.9 Å². The highest BCUT2D eigenvalue weighted by molar-refractivity contribution is 6.06. The molecule has 3 aromatic rings. The minimum atomic E-state index is -0.298. The Morgan fingerprint density at radius 1 is 1.35 bits per heavy atom. The number of carbonyl (C=O) groups excluding carboxylic acids is 1. The van der Waals surface area contributed by atoms with Crippen LogP contribution in [-0.4, -0.2) is 25.8 Å². The summed E-state index contributed by atoms with van der Waals surface area (Å²) in [6, 6.07) is 1.57. The largest absolute Gasteiger partial charge is 0.472 e. The molecule has 0 fully saturated rings. The first kappa shape index (κ1) is 9.52. The minimum absolute atomic E-state index is 0.298. The third-order valence-electron chi connectivity index (χ3n) is 2.24. The second-order valence-electron chi connectivity index (χ2n) is 3.29. The summed E-state index contributed by atoms with van der Waals surface area (Å²) in [4.78, 5) is 26.5. The average Bonchev–Trinajstić information content (AvgIpc) is 3.00. The molecule has 0 saturated heterocycles. The van der Waals surface area contributed by atoms with Crippen LogP contribution in [0.1, 0.15) is 10.4 Å². The SMILES string of the molecule is O=C(Nc1ncnc2nc[nH]c12)c1ccoc1. The van der Waals surface area contributed by atoms with Crippen molar-refractivity contribution in [2.75, 3.05) is 5.32 Å². The van der Waals surface area contributed by atoms with Crippen molar-refractivity contribution in [1.29, 1.82) is 0 Å². The number of hydrogen-bond donors (Lipinski definition) is 2. The van der Waals surface area contributed by atoms with Gasteiger partial charge in [0.15, 0.2) is 11.5 Å². The van der Waals surface area contributed by atoms with Crippen LogP contribution in [-0.2, 0) is 0 Å². The summed E-state index contributed by atoms with van der Waals surface area (Å²) in [5, 5.41) is 2.65. The van der Waals surface area contributed by atoms with Crippen molar-refractivity contribution < 1.29 is 9.21 Å². The fraction of sp³-hybridized carbons (Fsp3) is 0. The summed E-state index contributed by atoms with van der Waals surface area (Å²) in [7, 11) is 0. The monoisotopic (exact) mass is 229 g/mol. The van der Waals surface area contributed by atoms with Gasteiger partial charge >= 0.3 is 0 Å². The van der Waals surface area contributed by atoms with Gasteiger partial charge in [-0.25, -0.2) is 15.0 Å². The summed E-state index contributed by atoms with van der Waals surface area (Å²) in [5.41, 5.74) is 1.52. The number of hydrogen-bond acceptors (Lipinski definition) is 5. The van der Waals surface area contributed by atoms with E-state index in [9.17, 15) is 4.79 Å². The van der Waals surface area contributed by atoms with E-state index in [1.807, 2.05) is 0 Å². The Labute approximate surface area is 94.9 Å². The van der Waals surface area contributed by atoms with Crippen molar-refractivity contribution in [3.63, 3.8) is 0 Å². The van der Waals surface area contributed by atoms with Crippen LogP contribution in [0, 0.1) is 0 Å². The van der Waals surface area contributed by atoms with E-state index in [1.54, 1.807) is 6.07 Å². The average molecular weight is 229 g/mol. The lowest BCUT2D eigenvalue weighted by atomic mass is 10.3. The molecule has 0 unspecified atom stereocenters. The van der Waals surface area contributed by atoms with Crippen LogP contribution in [0.4, 0.5) is 5.82 Å². The highest BCUT2D eigenvalue weighted by Crippen LogP contribution is 2.15. The number of nitrogens with one attached hydrogen (secondary N) is 2. The number of rotatable bonds is 2. The molecule has 3 rings (SSSR count). The second kappa shape index (κ2) is 3.71. The molecule has 17 heavy (non-hydrogen) atoms. The number of amides is 1. The van der Waals surface area contributed by atoms with Crippen molar-refractivity contribution in [2.24, 2.45) is 0 Å². The quantitative estimate of drug-likeness (QED) is 0.688. The predicted molar refractivity (Wildman–Crippen MR) is 58.3 cm³/mol. The molecule has 0 radical (unpaired) electrons. The van der Waals surface area contributed by atoms with Gasteiger partial charge in [0.1, 0.15) is 18.1 Å². The molecule has 7 nitrogen and oxygen atoms in total. The van der Waals surface area contributed by atoms with Crippen molar-refractivity contribution in [3.8, 4) is 0 Å². The van der Waals surface area contributed by atoms with Gasteiger partial charge in [-0.1, -0.05) is 0 Å². The maximum absolute atomic E-state index is 11.8. The van der Waals surface area contributed by atoms with Crippen LogP contribution < -0.4 is 5.32 Å². The van der Waals surface area contributed by atoms with Crippen molar-refractivity contribution in [2.45, 2.75) is 0 Å². The van der Waals surface area contributed by atoms with Gasteiger partial charge in [0, 0.05) is 0 Å². The standard InChI is InChI=1S/C10H7N5O2/c16-10(6-1-2-17-3-6)15-9-7-8(12-4-11-7)13-5-14-9/h1-5H,(H2,11,12,13,14,15,16). The number of fused-ring (bicyclic) bond motifs is 1. The highest BCUT2D eigenvalue weighted by Gasteiger charge is 2.11. The third kappa shape index (κ3) is 1.63. The fourth-order valence-electron chi connectivity index (χ4n) is 1.43. The summed E-state index contributed by atoms with van der Waals surface area (Å²) < 4.78 is 4.83. The van der Waals surface area contributed by atoms with Crippen LogP contribution in [0.25, 0.3) is 11.2 Å². The van der Waals surface area contributed by atoms with Crippen LogP contribution in [0.3, 0.4) is 0 Å². The lowest BCUT2D eigenvalue weighted by Gasteiger charge is -2.02. The predicted octanol–water partition coefficient (Wildman–Crippen LogP) is 1.20. The Morgan fingerprint density at radius 3 is 3.12 bits per heavy atom. The number of carbonyl (C=O) groups is 1. The van der Waals surface area contributed by atoms with E-state index in [0.717, 1.165) is 0 Å². The van der Waals surface area contributed by atoms with Crippen molar-refractivity contribution in [1.82, 2.24) is 19.9 Å². The van der Waals surface area contributed by atoms with Crippen LogP contribution in [0.2, 0.25) is 0 Å². The second-order valence-corrected chi connectivity index (χ2v) is 3.29. The van der Waals surface area contributed by atoms with Crippen LogP contribution in [0.15, 0.2) is 35.7 Å². The van der Waals surface area contributed by atoms with E-state index in [2.05, 4.69) is 25.3 Å². The number of anilines is 1. The van der Waals surface area contributed by atoms with Gasteiger partial charge < -0.3 is 14.7 Å². The molecule has 0 saturated carbocycles. The number of nitrogens with zero attached hydrogens (tertiary/aromatic N) is 3. The minimum Gasteiger partial charge on any atom is -0.472 e. The number of imidazole rings is 1. The van der Waals surface area contributed by atoms with E-state index in [1.165, 1.54) is 25.2 Å². The lowest BCUT2D eigenvalue weighted by Crippen LogP contribution is -2.12. The number of aromatic nitrogens is 4. The number of H-pyrrole nitrogens is 1. The Morgan fingerprint density at radius 2 is 2.29 bits per heavy atom. The normalized spacial score (nSPS) is 10.6. The van der Waals surface area contributed by atoms with E-state index in [0.29, 0.717) is 22.5 Å². The first-order valence-corrected chi connectivity index (χ1v) is 4.82. The lowest BCUT2D eigenvalue weighted by molar-refractivity contribution is 0.102. The molecule has 1 amide bonds. The topological polar surface area (TPSA) is 96.7 Å². The summed E-state index contributed by atoms with van der Waals surface area (Å²) >= 11 is 0. The maximum Gasteiger partial charge on any atom is 0.260 e. The zero-order valence-corrected chi connectivity index (χ0v) is 8.54. The van der Waals surface area contributed by atoms with Crippen LogP contribution >= 0.6 is 0 Å². The van der Waals surface area contributed by atoms with Gasteiger partial charge in [-0.05, 0) is 6.07 Å². The van der Waals surface area contributed by atoms with Gasteiger partial charge in [0.2, 0.25) is 0 Å². The molecule has 3 heterocycles. The first-order valence-electron chi connectivity index (χ1n) is 4.82. The van der Waals surface area contributed by atoms with Gasteiger partial charge in [-0.3, -0.25) is 4.79 Å². The fourth-order valence-corrected chi connectivity index (χ4v) is 1.43. The number of aromatic amines is 1. The Hall–Kier alpha value is -2.70. The van der Waals surface area contributed by atoms with Gasteiger partial charge in [-0.2, -0.15) is 0 Å². The maximum atomic E-state index is 11.8. The molecule has 0 aliphatic rings. The van der Waals surface area contributed by atoms with E-state index >= 15 is 0 Å². The summed E-state index contributed by atoms with van der Waals surface area (Å²) in [6.45, 7) is 0. The third-order valence-corrected chi connectivity index (χ3v) is 2.24. The highest BCUT2D eigenvalue weighted by atomic mass is 16.3. The molecule has 84 valence electrons. The van der Waals surface area contributed by atoms with Gasteiger partial charge in [0.25, 0.3) is 5.91 Å². The molecule has 0 atom stereocenters. The summed E-state index contributed by atoms with van der Waals surface area (Å²) in [6.07, 6.45) is 5.63. The van der Waals surface area contributed by atoms with Crippen molar-refractivity contribution in [3.05, 3.63) is 36.8 Å². The van der Waals surface area contributed by atoms with Gasteiger partial charge in [0.05, 0.1) is 18.2 Å². The van der Waals surface area contributed by atoms with E-state index < -0.39 is 0 Å². The molecule has 0 aliphatic carbocycles. The molecular formula is C10H7N5O2. The molecule has 0 spiro atoms. The molecule has 7 heteroatoms. The van der Waals surface area contributed by atoms with Crippen LogP contribution in [0.5, 0.6) is 0 Å². The molecular weight excluding hydrogens is 222 g/mol. The zero-order valence-electron chi connectivity index (χ0n) is 8.54. The molecule has 3 aromatic heterocycles. The van der Waals surface area contributed by atoms with E-state index in [-0.39, 0.29) is 5.91 Å². The number of furan rings is 1. The van der Waals surface area contributed by atoms with E-state index in [4.69, 9.17) is 4.42 Å². The Bertz CT molecular complexity index is 658. The Balaban J connectivity index is 1.95. The zero-order chi connectivity index (χ0) is 11.7.